The minimum absolute atomic E-state index is 0.204. The minimum Gasteiger partial charge on any atom is -0.468 e. The van der Waals surface area contributed by atoms with E-state index >= 15 is 0 Å². The Kier molecular flexibility index (Phi) is 4.12. The molecule has 0 saturated carbocycles. The molecule has 0 N–H and O–H groups in total. The second kappa shape index (κ2) is 5.39. The number of carbonyl (C=O) groups is 1. The highest BCUT2D eigenvalue weighted by atomic mass is 16.5. The molecule has 0 saturated heterocycles. The van der Waals surface area contributed by atoms with Crippen LogP contribution in [0.25, 0.3) is 0 Å². The van der Waals surface area contributed by atoms with Crippen LogP contribution in [0.2, 0.25) is 0 Å². The van der Waals surface area contributed by atoms with Crippen molar-refractivity contribution in [1.82, 2.24) is 9.55 Å². The van der Waals surface area contributed by atoms with Gasteiger partial charge in [-0.1, -0.05) is 0 Å². The van der Waals surface area contributed by atoms with Crippen molar-refractivity contribution in [3.63, 3.8) is 0 Å². The standard InChI is InChI=1S/C9H14N2O3/c1-13-6-3-8-10-4-5-11(8)7-9(12)14-2/h4-5H,3,6-7H2,1-2H3. The van der Waals surface area contributed by atoms with Crippen molar-refractivity contribution in [2.24, 2.45) is 0 Å². The fourth-order valence-electron chi connectivity index (χ4n) is 1.11. The molecule has 0 amide bonds. The van der Waals surface area contributed by atoms with Gasteiger partial charge in [0.2, 0.25) is 0 Å². The molecule has 0 atom stereocenters. The quantitative estimate of drug-likeness (QED) is 0.636. The second-order valence-electron chi connectivity index (χ2n) is 2.79. The highest BCUT2D eigenvalue weighted by molar-refractivity contribution is 5.69. The molecule has 0 radical (unpaired) electrons. The van der Waals surface area contributed by atoms with Crippen LogP contribution in [-0.2, 0) is 27.2 Å². The van der Waals surface area contributed by atoms with Crippen LogP contribution in [-0.4, -0.2) is 36.3 Å². The van der Waals surface area contributed by atoms with Gasteiger partial charge in [0.05, 0.1) is 13.7 Å². The summed E-state index contributed by atoms with van der Waals surface area (Å²) in [5.41, 5.74) is 0. The highest BCUT2D eigenvalue weighted by Crippen LogP contribution is 1.99. The van der Waals surface area contributed by atoms with Crippen LogP contribution in [0.1, 0.15) is 5.82 Å². The van der Waals surface area contributed by atoms with Crippen LogP contribution < -0.4 is 0 Å². The van der Waals surface area contributed by atoms with Gasteiger partial charge in [0.25, 0.3) is 0 Å². The van der Waals surface area contributed by atoms with Crippen LogP contribution in [0, 0.1) is 0 Å². The van der Waals surface area contributed by atoms with Crippen molar-refractivity contribution in [2.75, 3.05) is 20.8 Å². The van der Waals surface area contributed by atoms with Crippen molar-refractivity contribution in [1.29, 1.82) is 0 Å². The van der Waals surface area contributed by atoms with Crippen LogP contribution in [0.3, 0.4) is 0 Å². The van der Waals surface area contributed by atoms with E-state index < -0.39 is 0 Å². The van der Waals surface area contributed by atoms with E-state index in [9.17, 15) is 4.79 Å². The number of nitrogens with zero attached hydrogens (tertiary/aromatic N) is 2. The Labute approximate surface area is 82.6 Å². The summed E-state index contributed by atoms with van der Waals surface area (Å²) in [6.45, 7) is 0.799. The molecular weight excluding hydrogens is 184 g/mol. The zero-order valence-electron chi connectivity index (χ0n) is 8.40. The van der Waals surface area contributed by atoms with Gasteiger partial charge < -0.3 is 14.0 Å². The predicted molar refractivity (Wildman–Crippen MR) is 49.8 cm³/mol. The van der Waals surface area contributed by atoms with E-state index in [-0.39, 0.29) is 12.5 Å². The summed E-state index contributed by atoms with van der Waals surface area (Å²) in [5, 5.41) is 0. The number of imidazole rings is 1. The molecule has 0 unspecified atom stereocenters. The average Bonchev–Trinajstić information content (AvgIpc) is 2.62. The van der Waals surface area contributed by atoms with Crippen molar-refractivity contribution < 1.29 is 14.3 Å². The lowest BCUT2D eigenvalue weighted by Crippen LogP contribution is -2.14. The molecule has 0 fully saturated rings. The summed E-state index contributed by atoms with van der Waals surface area (Å²) in [4.78, 5) is 15.1. The van der Waals surface area contributed by atoms with Crippen molar-refractivity contribution >= 4 is 5.97 Å². The Hall–Kier alpha value is -1.36. The highest BCUT2D eigenvalue weighted by Gasteiger charge is 2.06. The van der Waals surface area contributed by atoms with Gasteiger partial charge in [-0.05, 0) is 0 Å². The van der Waals surface area contributed by atoms with E-state index in [1.165, 1.54) is 7.11 Å². The maximum atomic E-state index is 11.0. The van der Waals surface area contributed by atoms with Gasteiger partial charge in [-0.3, -0.25) is 4.79 Å². The third kappa shape index (κ3) is 2.85. The number of aromatic nitrogens is 2. The fraction of sp³-hybridized carbons (Fsp3) is 0.556. The average molecular weight is 198 g/mol. The van der Waals surface area contributed by atoms with E-state index in [0.29, 0.717) is 13.0 Å². The van der Waals surface area contributed by atoms with Crippen LogP contribution in [0.5, 0.6) is 0 Å². The zero-order valence-corrected chi connectivity index (χ0v) is 8.40. The third-order valence-electron chi connectivity index (χ3n) is 1.86. The normalized spacial score (nSPS) is 10.1. The van der Waals surface area contributed by atoms with Crippen molar-refractivity contribution in [3.8, 4) is 0 Å². The lowest BCUT2D eigenvalue weighted by molar-refractivity contribution is -0.141. The van der Waals surface area contributed by atoms with E-state index in [2.05, 4.69) is 9.72 Å². The number of esters is 1. The first-order valence-electron chi connectivity index (χ1n) is 4.33. The molecular formula is C9H14N2O3. The molecule has 0 aliphatic carbocycles. The second-order valence-corrected chi connectivity index (χ2v) is 2.79. The van der Waals surface area contributed by atoms with Gasteiger partial charge in [-0.2, -0.15) is 0 Å². The van der Waals surface area contributed by atoms with Crippen LogP contribution >= 0.6 is 0 Å². The van der Waals surface area contributed by atoms with Gasteiger partial charge in [-0.15, -0.1) is 0 Å². The van der Waals surface area contributed by atoms with Crippen molar-refractivity contribution in [3.05, 3.63) is 18.2 Å². The zero-order chi connectivity index (χ0) is 10.4. The monoisotopic (exact) mass is 198 g/mol. The molecule has 14 heavy (non-hydrogen) atoms. The molecule has 0 aliphatic rings. The lowest BCUT2D eigenvalue weighted by atomic mass is 10.4. The molecule has 1 rings (SSSR count). The van der Waals surface area contributed by atoms with E-state index in [4.69, 9.17) is 4.74 Å². The van der Waals surface area contributed by atoms with Gasteiger partial charge in [0, 0.05) is 25.9 Å². The van der Waals surface area contributed by atoms with E-state index in [1.807, 2.05) is 0 Å². The molecule has 5 nitrogen and oxygen atoms in total. The molecule has 1 heterocycles. The summed E-state index contributed by atoms with van der Waals surface area (Å²) < 4.78 is 11.3. The molecule has 0 aromatic carbocycles. The summed E-state index contributed by atoms with van der Waals surface area (Å²) in [5.74, 6) is 0.555. The maximum absolute atomic E-state index is 11.0. The summed E-state index contributed by atoms with van der Waals surface area (Å²) in [7, 11) is 3.00. The summed E-state index contributed by atoms with van der Waals surface area (Å²) in [6, 6.07) is 0. The van der Waals surface area contributed by atoms with E-state index in [0.717, 1.165) is 5.82 Å². The van der Waals surface area contributed by atoms with Crippen molar-refractivity contribution in [2.45, 2.75) is 13.0 Å². The molecule has 0 bridgehead atoms. The summed E-state index contributed by atoms with van der Waals surface area (Å²) in [6.07, 6.45) is 4.11. The molecule has 5 heteroatoms. The minimum atomic E-state index is -0.276. The van der Waals surface area contributed by atoms with Gasteiger partial charge in [0.15, 0.2) is 0 Å². The van der Waals surface area contributed by atoms with Gasteiger partial charge in [0.1, 0.15) is 12.4 Å². The number of rotatable bonds is 5. The number of carbonyl (C=O) groups excluding carboxylic acids is 1. The lowest BCUT2D eigenvalue weighted by Gasteiger charge is -2.05. The smallest absolute Gasteiger partial charge is 0.325 e. The Morgan fingerprint density at radius 2 is 2.36 bits per heavy atom. The third-order valence-corrected chi connectivity index (χ3v) is 1.86. The largest absolute Gasteiger partial charge is 0.468 e. The molecule has 1 aromatic rings. The Morgan fingerprint density at radius 3 is 3.00 bits per heavy atom. The molecule has 1 aromatic heterocycles. The number of hydrogen-bond donors (Lipinski definition) is 0. The number of methoxy groups -OCH3 is 2. The Balaban J connectivity index is 2.57. The Bertz CT molecular complexity index is 296. The van der Waals surface area contributed by atoms with E-state index in [1.54, 1.807) is 24.1 Å². The van der Waals surface area contributed by atoms with Gasteiger partial charge in [-0.25, -0.2) is 4.98 Å². The molecule has 78 valence electrons. The first-order chi connectivity index (χ1) is 6.77. The number of hydrogen-bond acceptors (Lipinski definition) is 4. The molecule has 0 spiro atoms. The van der Waals surface area contributed by atoms with Gasteiger partial charge >= 0.3 is 5.97 Å². The first-order valence-corrected chi connectivity index (χ1v) is 4.33. The maximum Gasteiger partial charge on any atom is 0.325 e. The SMILES string of the molecule is COCCc1nccn1CC(=O)OC. The topological polar surface area (TPSA) is 53.4 Å². The first kappa shape index (κ1) is 10.7. The van der Waals surface area contributed by atoms with Crippen LogP contribution in [0.4, 0.5) is 0 Å². The summed E-state index contributed by atoms with van der Waals surface area (Å²) >= 11 is 0. The Morgan fingerprint density at radius 1 is 1.57 bits per heavy atom. The predicted octanol–water partition coefficient (Wildman–Crippen LogP) is 0.245. The fourth-order valence-corrected chi connectivity index (χ4v) is 1.11. The number of ether oxygens (including phenoxy) is 2. The van der Waals surface area contributed by atoms with Crippen LogP contribution in [0.15, 0.2) is 12.4 Å². The molecule has 0 aliphatic heterocycles.